The molecule has 4 amide bonds. The van der Waals surface area contributed by atoms with Crippen molar-refractivity contribution in [1.82, 2.24) is 0 Å². The smallest absolute Gasteiger partial charge is 0.344 e. The van der Waals surface area contributed by atoms with Gasteiger partial charge < -0.3 is 4.74 Å². The van der Waals surface area contributed by atoms with Crippen molar-refractivity contribution in [2.24, 2.45) is 5.92 Å². The van der Waals surface area contributed by atoms with Gasteiger partial charge in [0.25, 0.3) is 0 Å². The van der Waals surface area contributed by atoms with Gasteiger partial charge in [-0.15, -0.1) is 11.3 Å². The Kier molecular flexibility index (Phi) is 5.25. The number of nitrogens with zero attached hydrogens (tertiary/aromatic N) is 2. The van der Waals surface area contributed by atoms with Crippen molar-refractivity contribution in [1.29, 1.82) is 0 Å². The summed E-state index contributed by atoms with van der Waals surface area (Å²) in [6.45, 7) is 4.00. The number of hydrogen-bond acceptors (Lipinski definition) is 6. The predicted octanol–water partition coefficient (Wildman–Crippen LogP) is 4.70. The van der Waals surface area contributed by atoms with Gasteiger partial charge >= 0.3 is 23.8 Å². The fourth-order valence-electron chi connectivity index (χ4n) is 4.57. The number of carbonyl (C=O) groups excluding carboxylic acids is 4. The van der Waals surface area contributed by atoms with Crippen molar-refractivity contribution in [3.63, 3.8) is 0 Å². The minimum Gasteiger partial charge on any atom is -0.462 e. The van der Waals surface area contributed by atoms with Crippen molar-refractivity contribution in [3.05, 3.63) is 58.5 Å². The van der Waals surface area contributed by atoms with Crippen molar-refractivity contribution in [3.8, 4) is 0 Å². The summed E-state index contributed by atoms with van der Waals surface area (Å²) in [6, 6.07) is 11.8. The first kappa shape index (κ1) is 21.3. The molecule has 0 N–H and O–H groups in total. The zero-order valence-corrected chi connectivity index (χ0v) is 19.1. The third-order valence-corrected chi connectivity index (χ3v) is 7.39. The van der Waals surface area contributed by atoms with Gasteiger partial charge in [0, 0.05) is 10.3 Å². The second-order valence-corrected chi connectivity index (χ2v) is 9.40. The standard InChI is InChI=1S/C25H22N2O5S/c1-3-32-24(30)20-17-12-11-14(2)13-19(17)33-23(20)27-22(29)21(28)26(25(27)31)18-10-6-8-15-7-4-5-9-16(15)18/h4-10,14H,3,11-13H2,1-2H3. The number of benzene rings is 2. The molecule has 3 aromatic rings. The zero-order chi connectivity index (χ0) is 23.3. The Bertz CT molecular complexity index is 1320. The lowest BCUT2D eigenvalue weighted by molar-refractivity contribution is -0.133. The Morgan fingerprint density at radius 2 is 1.79 bits per heavy atom. The molecule has 5 rings (SSSR count). The minimum absolute atomic E-state index is 0.169. The zero-order valence-electron chi connectivity index (χ0n) is 18.3. The second-order valence-electron chi connectivity index (χ2n) is 8.31. The van der Waals surface area contributed by atoms with Gasteiger partial charge in [0.2, 0.25) is 0 Å². The van der Waals surface area contributed by atoms with Crippen LogP contribution >= 0.6 is 11.3 Å². The molecule has 1 saturated heterocycles. The summed E-state index contributed by atoms with van der Waals surface area (Å²) in [5.74, 6) is -2.05. The van der Waals surface area contributed by atoms with E-state index in [-0.39, 0.29) is 17.2 Å². The lowest BCUT2D eigenvalue weighted by atomic mass is 9.88. The van der Waals surface area contributed by atoms with Gasteiger partial charge in [-0.1, -0.05) is 43.3 Å². The number of fused-ring (bicyclic) bond motifs is 2. The molecule has 1 aliphatic heterocycles. The quantitative estimate of drug-likeness (QED) is 0.319. The van der Waals surface area contributed by atoms with Crippen molar-refractivity contribution >= 4 is 56.6 Å². The molecule has 2 aromatic carbocycles. The molecule has 0 spiro atoms. The molecular weight excluding hydrogens is 440 g/mol. The van der Waals surface area contributed by atoms with E-state index in [1.807, 2.05) is 24.3 Å². The molecule has 33 heavy (non-hydrogen) atoms. The van der Waals surface area contributed by atoms with Crippen LogP contribution in [-0.2, 0) is 27.2 Å². The van der Waals surface area contributed by atoms with Gasteiger partial charge in [-0.3, -0.25) is 9.59 Å². The number of carbonyl (C=O) groups is 4. The highest BCUT2D eigenvalue weighted by Gasteiger charge is 2.49. The van der Waals surface area contributed by atoms with Gasteiger partial charge in [-0.25, -0.2) is 19.4 Å². The molecule has 1 unspecified atom stereocenters. The summed E-state index contributed by atoms with van der Waals surface area (Å²) in [7, 11) is 0. The Hall–Kier alpha value is -3.52. The Morgan fingerprint density at radius 1 is 1.06 bits per heavy atom. The number of urea groups is 1. The van der Waals surface area contributed by atoms with Gasteiger partial charge in [0.1, 0.15) is 5.00 Å². The van der Waals surface area contributed by atoms with Crippen molar-refractivity contribution < 1.29 is 23.9 Å². The molecule has 1 aromatic heterocycles. The normalized spacial score (nSPS) is 18.2. The van der Waals surface area contributed by atoms with E-state index in [0.29, 0.717) is 23.4 Å². The molecule has 1 fully saturated rings. The number of anilines is 2. The van der Waals surface area contributed by atoms with E-state index < -0.39 is 23.8 Å². The van der Waals surface area contributed by atoms with Gasteiger partial charge in [-0.05, 0) is 49.1 Å². The van der Waals surface area contributed by atoms with E-state index in [4.69, 9.17) is 4.74 Å². The van der Waals surface area contributed by atoms with Crippen LogP contribution in [0.3, 0.4) is 0 Å². The van der Waals surface area contributed by atoms with Gasteiger partial charge in [0.15, 0.2) is 0 Å². The number of amides is 4. The summed E-state index contributed by atoms with van der Waals surface area (Å²) < 4.78 is 5.27. The number of rotatable bonds is 4. The SMILES string of the molecule is CCOC(=O)c1c(N2C(=O)C(=O)N(c3cccc4ccccc34)C2=O)sc2c1CCC(C)C2. The largest absolute Gasteiger partial charge is 0.462 e. The highest BCUT2D eigenvalue weighted by atomic mass is 32.1. The van der Waals surface area contributed by atoms with Crippen LogP contribution < -0.4 is 9.80 Å². The molecule has 0 bridgehead atoms. The van der Waals surface area contributed by atoms with Crippen LogP contribution in [-0.4, -0.2) is 30.4 Å². The molecule has 2 aliphatic rings. The first-order valence-corrected chi connectivity index (χ1v) is 11.8. The topological polar surface area (TPSA) is 84.0 Å². The number of ether oxygens (including phenoxy) is 1. The van der Waals surface area contributed by atoms with Crippen LogP contribution in [0.5, 0.6) is 0 Å². The Morgan fingerprint density at radius 3 is 2.58 bits per heavy atom. The number of hydrogen-bond donors (Lipinski definition) is 0. The average Bonchev–Trinajstić information content (AvgIpc) is 3.27. The highest BCUT2D eigenvalue weighted by molar-refractivity contribution is 7.17. The summed E-state index contributed by atoms with van der Waals surface area (Å²) >= 11 is 1.23. The maximum atomic E-state index is 13.5. The Balaban J connectivity index is 1.64. The fourth-order valence-corrected chi connectivity index (χ4v) is 6.06. The Labute approximate surface area is 194 Å². The maximum Gasteiger partial charge on any atom is 0.344 e. The molecule has 168 valence electrons. The summed E-state index contributed by atoms with van der Waals surface area (Å²) in [5.41, 5.74) is 1.40. The molecule has 1 aliphatic carbocycles. The van der Waals surface area contributed by atoms with E-state index >= 15 is 0 Å². The van der Waals surface area contributed by atoms with Crippen LogP contribution in [0.4, 0.5) is 15.5 Å². The highest BCUT2D eigenvalue weighted by Crippen LogP contribution is 2.44. The first-order valence-electron chi connectivity index (χ1n) is 10.9. The van der Waals surface area contributed by atoms with Gasteiger partial charge in [0.05, 0.1) is 17.9 Å². The predicted molar refractivity (Wildman–Crippen MR) is 126 cm³/mol. The van der Waals surface area contributed by atoms with Crippen LogP contribution in [0.2, 0.25) is 0 Å². The molecular formula is C25H22N2O5S. The van der Waals surface area contributed by atoms with Crippen molar-refractivity contribution in [2.75, 3.05) is 16.4 Å². The number of thiophene rings is 1. The molecule has 0 radical (unpaired) electrons. The monoisotopic (exact) mass is 462 g/mol. The van der Waals surface area contributed by atoms with E-state index in [0.717, 1.165) is 38.5 Å². The molecule has 1 atom stereocenters. The lowest BCUT2D eigenvalue weighted by Crippen LogP contribution is -2.34. The second kappa shape index (κ2) is 8.12. The third kappa shape index (κ3) is 3.33. The van der Waals surface area contributed by atoms with Crippen LogP contribution in [0.1, 0.15) is 41.1 Å². The number of esters is 1. The van der Waals surface area contributed by atoms with Crippen LogP contribution in [0, 0.1) is 5.92 Å². The maximum absolute atomic E-state index is 13.5. The van der Waals surface area contributed by atoms with E-state index in [2.05, 4.69) is 6.92 Å². The lowest BCUT2D eigenvalue weighted by Gasteiger charge is -2.19. The van der Waals surface area contributed by atoms with E-state index in [9.17, 15) is 19.2 Å². The van der Waals surface area contributed by atoms with E-state index in [1.54, 1.807) is 25.1 Å². The minimum atomic E-state index is -0.967. The molecule has 7 nitrogen and oxygen atoms in total. The van der Waals surface area contributed by atoms with E-state index in [1.165, 1.54) is 11.3 Å². The third-order valence-electron chi connectivity index (χ3n) is 6.15. The summed E-state index contributed by atoms with van der Waals surface area (Å²) in [4.78, 5) is 55.3. The molecule has 8 heteroatoms. The first-order chi connectivity index (χ1) is 15.9. The van der Waals surface area contributed by atoms with Crippen LogP contribution in [0.25, 0.3) is 10.8 Å². The summed E-state index contributed by atoms with van der Waals surface area (Å²) in [6.07, 6.45) is 2.32. The van der Waals surface area contributed by atoms with Crippen LogP contribution in [0.15, 0.2) is 42.5 Å². The average molecular weight is 463 g/mol. The summed E-state index contributed by atoms with van der Waals surface area (Å²) in [5, 5.41) is 1.70. The fraction of sp³-hybridized carbons (Fsp3) is 0.280. The molecule has 2 heterocycles. The van der Waals surface area contributed by atoms with Crippen molar-refractivity contribution in [2.45, 2.75) is 33.1 Å². The van der Waals surface area contributed by atoms with Gasteiger partial charge in [-0.2, -0.15) is 0 Å². The molecule has 0 saturated carbocycles. The number of imide groups is 2.